The van der Waals surface area contributed by atoms with Crippen molar-refractivity contribution < 1.29 is 4.79 Å². The Kier molecular flexibility index (Phi) is 7.43. The monoisotopic (exact) mass is 485 g/mol. The van der Waals surface area contributed by atoms with E-state index in [1.807, 2.05) is 46.8 Å². The Bertz CT molecular complexity index is 1270. The maximum atomic E-state index is 13.7. The zero-order chi connectivity index (χ0) is 26.0. The Morgan fingerprint density at radius 1 is 1.22 bits per heavy atom. The first-order valence-electron chi connectivity index (χ1n) is 12.5. The quantitative estimate of drug-likeness (QED) is 0.604. The number of nitrogens with one attached hydrogen (secondary N) is 1. The lowest BCUT2D eigenvalue weighted by molar-refractivity contribution is -0.122. The first kappa shape index (κ1) is 25.4. The van der Waals surface area contributed by atoms with Crippen LogP contribution in [0.5, 0.6) is 0 Å². The van der Waals surface area contributed by atoms with Crippen LogP contribution in [-0.2, 0) is 11.3 Å². The normalized spacial score (nSPS) is 19.0. The lowest BCUT2D eigenvalue weighted by Crippen LogP contribution is -2.57. The molecule has 2 aromatic rings. The Labute approximate surface area is 213 Å². The molecule has 2 aromatic heterocycles. The molecule has 1 saturated carbocycles. The van der Waals surface area contributed by atoms with Gasteiger partial charge in [0, 0.05) is 29.4 Å². The summed E-state index contributed by atoms with van der Waals surface area (Å²) in [6.45, 7) is 16.6. The molecule has 2 aliphatic rings. The van der Waals surface area contributed by atoms with E-state index in [2.05, 4.69) is 38.8 Å². The van der Waals surface area contributed by atoms with Gasteiger partial charge in [-0.15, -0.1) is 0 Å². The number of nitrogens with zero attached hydrogens (tertiary/aromatic N) is 6. The number of hydrogen-bond donors (Lipinski definition) is 1. The second-order valence-corrected chi connectivity index (χ2v) is 9.78. The molecule has 1 aliphatic carbocycles. The summed E-state index contributed by atoms with van der Waals surface area (Å²) >= 11 is 0. The Morgan fingerprint density at radius 2 is 1.97 bits per heavy atom. The predicted molar refractivity (Wildman–Crippen MR) is 143 cm³/mol. The van der Waals surface area contributed by atoms with Gasteiger partial charge in [-0.05, 0) is 71.1 Å². The summed E-state index contributed by atoms with van der Waals surface area (Å²) in [6.07, 6.45) is 6.39. The van der Waals surface area contributed by atoms with Gasteiger partial charge in [0.15, 0.2) is 11.7 Å². The summed E-state index contributed by atoms with van der Waals surface area (Å²) in [5, 5.41) is 3.28. The second kappa shape index (κ2) is 10.5. The van der Waals surface area contributed by atoms with Crippen LogP contribution in [0, 0.1) is 13.8 Å². The van der Waals surface area contributed by atoms with Gasteiger partial charge in [0.25, 0.3) is 5.91 Å². The number of carbonyl (C=O) groups is 1. The topological polar surface area (TPSA) is 95.7 Å². The standard InChI is InChI=1S/C28H35N7O/c1-8-18(5)35-27(33-20(7)23-19(6)31-15-32-25(23)22-11-12-22)24(16(2)3)34-26(28(35)36)30-14-21-10-9-17(4)29-13-21/h9-10,13,15,18,22H,7-8,11-12,14H2,1-6H3,(H,30,34)/t18-/m0/s1. The number of carbonyl (C=O) groups excluding carboxylic acids is 1. The van der Waals surface area contributed by atoms with Crippen molar-refractivity contribution in [3.05, 3.63) is 70.7 Å². The van der Waals surface area contributed by atoms with Crippen molar-refractivity contribution in [2.45, 2.75) is 79.3 Å². The van der Waals surface area contributed by atoms with Gasteiger partial charge >= 0.3 is 0 Å². The zero-order valence-corrected chi connectivity index (χ0v) is 22.1. The van der Waals surface area contributed by atoms with Crippen molar-refractivity contribution in [1.29, 1.82) is 0 Å². The number of piperazine rings is 1. The van der Waals surface area contributed by atoms with E-state index in [1.165, 1.54) is 0 Å². The van der Waals surface area contributed by atoms with E-state index in [0.717, 1.165) is 58.7 Å². The molecule has 8 heteroatoms. The Balaban J connectivity index is 1.75. The molecule has 1 N–H and O–H groups in total. The third-order valence-electron chi connectivity index (χ3n) is 6.60. The summed E-state index contributed by atoms with van der Waals surface area (Å²) in [6, 6.07) is 3.84. The van der Waals surface area contributed by atoms with Gasteiger partial charge in [0.1, 0.15) is 6.33 Å². The fraction of sp³-hybridized carbons (Fsp3) is 0.429. The van der Waals surface area contributed by atoms with Gasteiger partial charge in [-0.1, -0.05) is 19.6 Å². The number of allylic oxidation sites excluding steroid dienone is 1. The summed E-state index contributed by atoms with van der Waals surface area (Å²) < 4.78 is 0. The average molecular weight is 486 g/mol. The molecular weight excluding hydrogens is 450 g/mol. The largest absolute Gasteiger partial charge is 0.333 e. The minimum atomic E-state index is -0.204. The lowest BCUT2D eigenvalue weighted by atomic mass is 10.0. The first-order valence-corrected chi connectivity index (χ1v) is 12.5. The molecule has 4 rings (SSSR count). The van der Waals surface area contributed by atoms with Gasteiger partial charge in [-0.25, -0.2) is 15.0 Å². The number of amides is 1. The first-order chi connectivity index (χ1) is 17.2. The second-order valence-electron chi connectivity index (χ2n) is 9.78. The number of aromatic nitrogens is 3. The fourth-order valence-electron chi connectivity index (χ4n) is 4.18. The molecule has 1 amide bonds. The number of hydrogen-bond acceptors (Lipinski definition) is 6. The van der Waals surface area contributed by atoms with Crippen molar-refractivity contribution in [1.82, 2.24) is 25.2 Å². The predicted octanol–water partition coefficient (Wildman–Crippen LogP) is 4.86. The molecule has 1 aliphatic heterocycles. The van der Waals surface area contributed by atoms with Crippen molar-refractivity contribution in [3.63, 3.8) is 0 Å². The Hall–Kier alpha value is -3.68. The molecule has 3 heterocycles. The number of aryl methyl sites for hydroxylation is 2. The van der Waals surface area contributed by atoms with Crippen LogP contribution in [0.4, 0.5) is 0 Å². The minimum Gasteiger partial charge on any atom is -0.333 e. The summed E-state index contributed by atoms with van der Waals surface area (Å²) in [7, 11) is 0. The van der Waals surface area contributed by atoms with Gasteiger partial charge in [-0.3, -0.25) is 19.7 Å². The molecule has 2 fully saturated rings. The third-order valence-corrected chi connectivity index (χ3v) is 6.60. The van der Waals surface area contributed by atoms with E-state index in [9.17, 15) is 4.79 Å². The van der Waals surface area contributed by atoms with Crippen molar-refractivity contribution in [2.75, 3.05) is 0 Å². The van der Waals surface area contributed by atoms with E-state index >= 15 is 0 Å². The van der Waals surface area contributed by atoms with Gasteiger partial charge < -0.3 is 5.32 Å². The highest BCUT2D eigenvalue weighted by atomic mass is 16.2. The third kappa shape index (κ3) is 5.27. The molecule has 8 nitrogen and oxygen atoms in total. The van der Waals surface area contributed by atoms with E-state index in [1.54, 1.807) is 17.4 Å². The van der Waals surface area contributed by atoms with E-state index in [4.69, 9.17) is 4.99 Å². The van der Waals surface area contributed by atoms with E-state index in [0.29, 0.717) is 29.8 Å². The Morgan fingerprint density at radius 3 is 2.58 bits per heavy atom. The molecule has 0 unspecified atom stereocenters. The number of rotatable bonds is 7. The van der Waals surface area contributed by atoms with Crippen LogP contribution in [0.3, 0.4) is 0 Å². The highest BCUT2D eigenvalue weighted by Gasteiger charge is 2.37. The van der Waals surface area contributed by atoms with Crippen molar-refractivity contribution in [2.24, 2.45) is 9.98 Å². The van der Waals surface area contributed by atoms with Crippen LogP contribution in [0.25, 0.3) is 5.70 Å². The van der Waals surface area contributed by atoms with Crippen LogP contribution in [0.15, 0.2) is 52.5 Å². The number of pyridine rings is 1. The average Bonchev–Trinajstić information content (AvgIpc) is 3.69. The smallest absolute Gasteiger partial charge is 0.295 e. The van der Waals surface area contributed by atoms with Gasteiger partial charge in [0.05, 0.1) is 29.3 Å². The number of amidine groups is 2. The summed E-state index contributed by atoms with van der Waals surface area (Å²) in [5.41, 5.74) is 6.93. The fourth-order valence-corrected chi connectivity index (χ4v) is 4.18. The van der Waals surface area contributed by atoms with E-state index < -0.39 is 0 Å². The van der Waals surface area contributed by atoms with Crippen LogP contribution in [-0.4, -0.2) is 43.5 Å². The minimum absolute atomic E-state index is 0.0808. The molecular formula is C28H35N7O. The SMILES string of the molecule is C=C(N=C1C(=C(C)C)NC(=NCc2ccc(C)nc2)C(=O)N1[C@@H](C)CC)c1c(C)ncnc1C1CC1. The van der Waals surface area contributed by atoms with Gasteiger partial charge in [0.2, 0.25) is 0 Å². The van der Waals surface area contributed by atoms with Crippen LogP contribution in [0.2, 0.25) is 0 Å². The van der Waals surface area contributed by atoms with E-state index in [-0.39, 0.29) is 11.9 Å². The summed E-state index contributed by atoms with van der Waals surface area (Å²) in [5.74, 6) is 1.08. The molecule has 188 valence electrons. The maximum Gasteiger partial charge on any atom is 0.295 e. The molecule has 0 radical (unpaired) electrons. The molecule has 0 spiro atoms. The van der Waals surface area contributed by atoms with Crippen molar-refractivity contribution in [3.8, 4) is 0 Å². The molecule has 1 atom stereocenters. The molecule has 0 aromatic carbocycles. The summed E-state index contributed by atoms with van der Waals surface area (Å²) in [4.78, 5) is 38.3. The molecule has 36 heavy (non-hydrogen) atoms. The van der Waals surface area contributed by atoms with Gasteiger partial charge in [-0.2, -0.15) is 0 Å². The zero-order valence-electron chi connectivity index (χ0n) is 22.1. The maximum absolute atomic E-state index is 13.7. The lowest BCUT2D eigenvalue weighted by Gasteiger charge is -2.36. The highest BCUT2D eigenvalue weighted by Crippen LogP contribution is 2.42. The van der Waals surface area contributed by atoms with Crippen LogP contribution < -0.4 is 5.32 Å². The molecule has 0 bridgehead atoms. The van der Waals surface area contributed by atoms with Crippen molar-refractivity contribution >= 4 is 23.3 Å². The molecule has 1 saturated heterocycles. The van der Waals surface area contributed by atoms with Crippen LogP contribution in [0.1, 0.15) is 81.1 Å². The van der Waals surface area contributed by atoms with Crippen LogP contribution >= 0.6 is 0 Å². The highest BCUT2D eigenvalue weighted by molar-refractivity contribution is 6.44. The number of aliphatic imine (C=N–C) groups is 2.